The van der Waals surface area contributed by atoms with Crippen LogP contribution in [0.25, 0.3) is 10.8 Å². The lowest BCUT2D eigenvalue weighted by Gasteiger charge is -2.44. The van der Waals surface area contributed by atoms with Gasteiger partial charge in [0, 0.05) is 62.3 Å². The standard InChI is InChI=1S/C58H82O24/c1-11-39(59)71-24(5)22(3)49(62)53(66)32-14-29-13-30-15-33(77-41-19-37(51(64)26(7)72-41)80-42-18-36(76-40(60)12-2)50(63)25(6)73-42)23(4)48(61)46(30)54(67)47(29)55(68)56(32)82-43-20-38(52(65)27(8)74-43)81-44-17-35(31-16-34(31)78-44)79-45-21-58(10,70)57(69)28(9)75-45/h13,15,22,24-28,31-32,34-38,41-45,50-53,56-57,61,63-67,69-70H,11-12,14,16-21H2,1-10H3. The Hall–Kier alpha value is -4.22. The van der Waals surface area contributed by atoms with Crippen LogP contribution in [0.5, 0.6) is 17.2 Å². The molecular weight excluding hydrogens is 1080 g/mol. The highest BCUT2D eigenvalue weighted by Crippen LogP contribution is 2.49. The molecule has 5 saturated heterocycles. The van der Waals surface area contributed by atoms with Gasteiger partial charge in [-0.05, 0) is 84.4 Å². The fourth-order valence-corrected chi connectivity index (χ4v) is 12.3. The molecule has 2 aliphatic carbocycles. The number of hydrogen-bond donors (Lipinski definition) is 8. The van der Waals surface area contributed by atoms with Crippen molar-refractivity contribution in [3.05, 3.63) is 28.8 Å². The minimum Gasteiger partial charge on any atom is -0.507 e. The van der Waals surface area contributed by atoms with Crippen LogP contribution >= 0.6 is 0 Å². The molecule has 5 heterocycles. The highest BCUT2D eigenvalue weighted by atomic mass is 16.7. The van der Waals surface area contributed by atoms with Crippen molar-refractivity contribution in [2.24, 2.45) is 17.8 Å². The molecule has 25 atom stereocenters. The van der Waals surface area contributed by atoms with Crippen molar-refractivity contribution in [3.63, 3.8) is 0 Å². The normalized spacial score (nSPS) is 40.4. The number of benzene rings is 2. The van der Waals surface area contributed by atoms with Gasteiger partial charge in [-0.2, -0.15) is 0 Å². The molecule has 1 saturated carbocycles. The average molecular weight is 1160 g/mol. The number of esters is 2. The van der Waals surface area contributed by atoms with Crippen LogP contribution in [-0.4, -0.2) is 199 Å². The summed E-state index contributed by atoms with van der Waals surface area (Å²) in [5.41, 5.74) is -1.38. The number of aromatic hydroxyl groups is 2. The number of aliphatic hydroxyl groups is 6. The third kappa shape index (κ3) is 13.0. The number of fused-ring (bicyclic) bond motifs is 3. The lowest BCUT2D eigenvalue weighted by Crippen LogP contribution is -2.56. The second-order valence-corrected chi connectivity index (χ2v) is 23.7. The fraction of sp³-hybridized carbons (Fsp3) is 0.759. The highest BCUT2D eigenvalue weighted by Gasteiger charge is 2.55. The largest absolute Gasteiger partial charge is 0.507 e. The summed E-state index contributed by atoms with van der Waals surface area (Å²) in [5, 5.41) is 90.9. The van der Waals surface area contributed by atoms with Crippen LogP contribution in [0.1, 0.15) is 135 Å². The molecule has 82 heavy (non-hydrogen) atoms. The van der Waals surface area contributed by atoms with Crippen molar-refractivity contribution in [3.8, 4) is 17.2 Å². The maximum Gasteiger partial charge on any atom is 0.305 e. The molecule has 24 heteroatoms. The van der Waals surface area contributed by atoms with E-state index in [2.05, 4.69) is 0 Å². The summed E-state index contributed by atoms with van der Waals surface area (Å²) >= 11 is 0. The Balaban J connectivity index is 0.954. The quantitative estimate of drug-likeness (QED) is 0.0995. The topological polar surface area (TPSA) is 341 Å². The predicted molar refractivity (Wildman–Crippen MR) is 282 cm³/mol. The van der Waals surface area contributed by atoms with E-state index in [0.29, 0.717) is 6.42 Å². The van der Waals surface area contributed by atoms with Crippen LogP contribution < -0.4 is 4.74 Å². The van der Waals surface area contributed by atoms with Crippen LogP contribution in [0, 0.1) is 24.7 Å². The minimum atomic E-state index is -1.91. The van der Waals surface area contributed by atoms with E-state index in [-0.39, 0.29) is 96.6 Å². The number of aliphatic hydroxyl groups excluding tert-OH is 5. The van der Waals surface area contributed by atoms with Gasteiger partial charge in [0.25, 0.3) is 0 Å². The number of phenolic OH excluding ortho intramolecular Hbond substituents is 2. The van der Waals surface area contributed by atoms with Gasteiger partial charge >= 0.3 is 11.9 Å². The number of carbonyl (C=O) groups is 4. The van der Waals surface area contributed by atoms with Gasteiger partial charge in [0.05, 0.1) is 71.3 Å². The third-order valence-electron chi connectivity index (χ3n) is 17.6. The molecule has 5 aliphatic heterocycles. The van der Waals surface area contributed by atoms with Crippen molar-refractivity contribution in [2.75, 3.05) is 0 Å². The summed E-state index contributed by atoms with van der Waals surface area (Å²) < 4.78 is 73.0. The van der Waals surface area contributed by atoms with Crippen LogP contribution in [0.15, 0.2) is 12.1 Å². The average Bonchev–Trinajstić information content (AvgIpc) is 3.25. The maximum atomic E-state index is 15.1. The molecule has 7 aliphatic rings. The van der Waals surface area contributed by atoms with E-state index >= 15 is 4.79 Å². The SMILES string of the molecule is CCC(=O)OC(C)C(C)C(=O)C(O)C1Cc2cc3cc(OC4CC(OC5CC(OC(=O)CC)C(O)C(C)O5)C(O)C(C)O4)c(C)c(O)c3c(O)c2C(=O)C1OC1CC(OC2CC(OC3CC(C)(O)C(O)C(C)O3)C3CC3O2)C(O)C(C)O1. The number of Topliss-reactive ketones (excluding diaryl/α,β-unsaturated/α-hetero) is 2. The van der Waals surface area contributed by atoms with Gasteiger partial charge in [0.15, 0.2) is 36.7 Å². The Labute approximate surface area is 475 Å². The molecule has 25 unspecified atom stereocenters. The van der Waals surface area contributed by atoms with E-state index in [1.54, 1.807) is 41.5 Å². The molecule has 0 spiro atoms. The molecular formula is C58H82O24. The van der Waals surface area contributed by atoms with Gasteiger partial charge < -0.3 is 97.7 Å². The zero-order chi connectivity index (χ0) is 59.5. The predicted octanol–water partition coefficient (Wildman–Crippen LogP) is 2.93. The Morgan fingerprint density at radius 2 is 1.23 bits per heavy atom. The van der Waals surface area contributed by atoms with Crippen LogP contribution in [0.4, 0.5) is 0 Å². The lowest BCUT2D eigenvalue weighted by molar-refractivity contribution is -0.314. The summed E-state index contributed by atoms with van der Waals surface area (Å²) in [6, 6.07) is 3.05. The molecule has 0 radical (unpaired) electrons. The zero-order valence-corrected chi connectivity index (χ0v) is 48.0. The molecule has 8 N–H and O–H groups in total. The van der Waals surface area contributed by atoms with Crippen molar-refractivity contribution in [2.45, 2.75) is 262 Å². The van der Waals surface area contributed by atoms with E-state index in [1.807, 2.05) is 0 Å². The summed E-state index contributed by atoms with van der Waals surface area (Å²) in [6.45, 7) is 15.7. The first kappa shape index (κ1) is 62.3. The molecule has 0 aromatic heterocycles. The van der Waals surface area contributed by atoms with Gasteiger partial charge in [-0.15, -0.1) is 0 Å². The van der Waals surface area contributed by atoms with E-state index in [1.165, 1.54) is 39.8 Å². The Morgan fingerprint density at radius 3 is 1.85 bits per heavy atom. The molecule has 0 bridgehead atoms. The number of hydrogen-bond acceptors (Lipinski definition) is 24. The third-order valence-corrected chi connectivity index (χ3v) is 17.6. The van der Waals surface area contributed by atoms with E-state index in [0.717, 1.165) is 0 Å². The van der Waals surface area contributed by atoms with E-state index in [9.17, 15) is 55.2 Å². The Morgan fingerprint density at radius 1 is 0.695 bits per heavy atom. The van der Waals surface area contributed by atoms with Crippen molar-refractivity contribution < 1.29 is 117 Å². The van der Waals surface area contributed by atoms with Gasteiger partial charge in [-0.1, -0.05) is 20.8 Å². The van der Waals surface area contributed by atoms with Crippen LogP contribution in [0.2, 0.25) is 0 Å². The van der Waals surface area contributed by atoms with Gasteiger partial charge in [-0.3, -0.25) is 19.2 Å². The molecule has 2 aromatic rings. The first-order chi connectivity index (χ1) is 38.7. The van der Waals surface area contributed by atoms with Crippen molar-refractivity contribution in [1.82, 2.24) is 0 Å². The van der Waals surface area contributed by atoms with E-state index in [4.69, 9.17) is 56.8 Å². The first-order valence-corrected chi connectivity index (χ1v) is 28.8. The lowest BCUT2D eigenvalue weighted by atomic mass is 9.74. The maximum absolute atomic E-state index is 15.1. The fourth-order valence-electron chi connectivity index (χ4n) is 12.3. The Kier molecular flexibility index (Phi) is 19.0. The van der Waals surface area contributed by atoms with E-state index < -0.39 is 175 Å². The van der Waals surface area contributed by atoms with Gasteiger partial charge in [0.2, 0.25) is 6.29 Å². The number of ether oxygens (including phenoxy) is 12. The second kappa shape index (κ2) is 25.0. The van der Waals surface area contributed by atoms with Crippen LogP contribution in [0.3, 0.4) is 0 Å². The number of rotatable bonds is 18. The first-order valence-electron chi connectivity index (χ1n) is 28.8. The molecule has 24 nitrogen and oxygen atoms in total. The number of phenols is 2. The van der Waals surface area contributed by atoms with Gasteiger partial charge in [0.1, 0.15) is 66.1 Å². The number of ketones is 2. The smallest absolute Gasteiger partial charge is 0.305 e. The summed E-state index contributed by atoms with van der Waals surface area (Å²) in [7, 11) is 0. The number of carbonyl (C=O) groups excluding carboxylic acids is 4. The molecule has 0 amide bonds. The summed E-state index contributed by atoms with van der Waals surface area (Å²) in [5.74, 6) is -6.03. The summed E-state index contributed by atoms with van der Waals surface area (Å²) in [6.07, 6.45) is -20.4. The molecule has 9 rings (SSSR count). The molecule has 458 valence electrons. The molecule has 2 aromatic carbocycles. The minimum absolute atomic E-state index is 0.0129. The summed E-state index contributed by atoms with van der Waals surface area (Å²) in [4.78, 5) is 53.8. The van der Waals surface area contributed by atoms with Crippen molar-refractivity contribution >= 4 is 34.3 Å². The highest BCUT2D eigenvalue weighted by molar-refractivity contribution is 6.11. The zero-order valence-electron chi connectivity index (χ0n) is 48.0. The van der Waals surface area contributed by atoms with Crippen LogP contribution in [-0.2, 0) is 72.9 Å². The second-order valence-electron chi connectivity index (χ2n) is 23.7. The molecule has 6 fully saturated rings. The monoisotopic (exact) mass is 1160 g/mol. The Bertz CT molecular complexity index is 2650. The van der Waals surface area contributed by atoms with Crippen molar-refractivity contribution in [1.29, 1.82) is 0 Å². The van der Waals surface area contributed by atoms with Gasteiger partial charge in [-0.25, -0.2) is 0 Å².